The van der Waals surface area contributed by atoms with E-state index in [0.29, 0.717) is 10.9 Å². The molecule has 7 rings (SSSR count). The topological polar surface area (TPSA) is 8.29 Å². The monoisotopic (exact) mass is 453 g/mol. The van der Waals surface area contributed by atoms with Crippen LogP contribution in [0.15, 0.2) is 72.9 Å². The first-order chi connectivity index (χ1) is 16.3. The van der Waals surface area contributed by atoms with Crippen LogP contribution in [0, 0.1) is 6.92 Å². The van der Waals surface area contributed by atoms with Crippen molar-refractivity contribution in [3.8, 4) is 0 Å². The van der Waals surface area contributed by atoms with Crippen molar-refractivity contribution in [2.75, 3.05) is 0 Å². The van der Waals surface area contributed by atoms with Gasteiger partial charge in [-0.05, 0) is 41.0 Å². The zero-order valence-electron chi connectivity index (χ0n) is 18.7. The predicted molar refractivity (Wildman–Crippen MR) is 132 cm³/mol. The summed E-state index contributed by atoms with van der Waals surface area (Å²) in [4.78, 5) is 0. The molecule has 0 aliphatic heterocycles. The number of benzene rings is 4. The summed E-state index contributed by atoms with van der Waals surface area (Å²) in [6, 6.07) is 21.9. The van der Waals surface area contributed by atoms with Gasteiger partial charge < -0.3 is 4.40 Å². The lowest BCUT2D eigenvalue weighted by Gasteiger charge is -2.16. The van der Waals surface area contributed by atoms with Crippen molar-refractivity contribution in [3.05, 3.63) is 84.1 Å². The van der Waals surface area contributed by atoms with Crippen molar-refractivity contribution in [1.82, 2.24) is 4.40 Å². The molecule has 0 amide bonds. The molecule has 5 heteroatoms. The Bertz CT molecular complexity index is 1940. The molecular weight excluding hydrogens is 433 g/mol. The second-order valence-electron chi connectivity index (χ2n) is 9.27. The molecule has 0 fully saturated rings. The van der Waals surface area contributed by atoms with Crippen LogP contribution >= 0.6 is 0 Å². The number of para-hydroxylation sites is 1. The van der Waals surface area contributed by atoms with Crippen LogP contribution in [0.5, 0.6) is 0 Å². The summed E-state index contributed by atoms with van der Waals surface area (Å²) in [5, 5.41) is 7.04. The highest BCUT2D eigenvalue weighted by Gasteiger charge is 2.30. The average molecular weight is 453 g/mol. The van der Waals surface area contributed by atoms with Gasteiger partial charge in [-0.2, -0.15) is 13.2 Å². The second kappa shape index (κ2) is 6.38. The lowest BCUT2D eigenvalue weighted by Crippen LogP contribution is -2.29. The van der Waals surface area contributed by atoms with Gasteiger partial charge >= 0.3 is 6.18 Å². The van der Waals surface area contributed by atoms with Crippen molar-refractivity contribution < 1.29 is 17.7 Å². The third kappa shape index (κ3) is 2.44. The number of alkyl halides is 3. The number of pyridine rings is 2. The first-order valence-electron chi connectivity index (χ1n) is 11.3. The predicted octanol–water partition coefficient (Wildman–Crippen LogP) is 7.38. The Balaban J connectivity index is 1.85. The molecule has 4 aromatic carbocycles. The number of rotatable bonds is 1. The highest BCUT2D eigenvalue weighted by Crippen LogP contribution is 2.43. The van der Waals surface area contributed by atoms with Crippen LogP contribution in [0.1, 0.15) is 11.1 Å². The van der Waals surface area contributed by atoms with E-state index in [4.69, 9.17) is 0 Å². The maximum atomic E-state index is 13.5. The van der Waals surface area contributed by atoms with Gasteiger partial charge in [0, 0.05) is 22.2 Å². The van der Waals surface area contributed by atoms with E-state index in [1.165, 1.54) is 10.9 Å². The molecule has 3 heterocycles. The number of fused-ring (bicyclic) bond motifs is 7. The molecule has 0 unspecified atom stereocenters. The highest BCUT2D eigenvalue weighted by molar-refractivity contribution is 6.29. The Labute approximate surface area is 192 Å². The minimum absolute atomic E-state index is 0.306. The molecule has 166 valence electrons. The van der Waals surface area contributed by atoms with Gasteiger partial charge in [0.05, 0.1) is 33.7 Å². The highest BCUT2D eigenvalue weighted by atomic mass is 19.4. The molecule has 0 N–H and O–H groups in total. The van der Waals surface area contributed by atoms with Crippen LogP contribution in [-0.2, 0) is 13.5 Å². The lowest BCUT2D eigenvalue weighted by molar-refractivity contribution is -0.643. The standard InChI is InChI=1S/C29H20F3N2/c1-16-10-11-21-19-7-3-4-9-23(19)34-24-14-22-17(15-29(30,31)32)6-5-8-18(22)20-12-13-33(2)28(26(20)24)25(16)27(21)34/h3-14H,15H2,1-2H3/q+1. The number of nitrogens with zero attached hydrogens (tertiary/aromatic N) is 2. The van der Waals surface area contributed by atoms with E-state index in [1.54, 1.807) is 12.1 Å². The Morgan fingerprint density at radius 3 is 2.38 bits per heavy atom. The molecule has 0 aliphatic carbocycles. The summed E-state index contributed by atoms with van der Waals surface area (Å²) in [7, 11) is 2.04. The number of aryl methyl sites for hydroxylation is 2. The van der Waals surface area contributed by atoms with Gasteiger partial charge in [0.2, 0.25) is 5.52 Å². The third-order valence-corrected chi connectivity index (χ3v) is 7.26. The van der Waals surface area contributed by atoms with Crippen molar-refractivity contribution >= 4 is 59.8 Å². The maximum Gasteiger partial charge on any atom is 0.393 e. The molecule has 3 aromatic heterocycles. The van der Waals surface area contributed by atoms with Crippen LogP contribution in [0.3, 0.4) is 0 Å². The Morgan fingerprint density at radius 1 is 0.765 bits per heavy atom. The fourth-order valence-corrected chi connectivity index (χ4v) is 5.91. The van der Waals surface area contributed by atoms with Crippen molar-refractivity contribution in [2.24, 2.45) is 7.05 Å². The van der Waals surface area contributed by atoms with Gasteiger partial charge in [0.15, 0.2) is 6.20 Å². The van der Waals surface area contributed by atoms with E-state index in [0.717, 1.165) is 49.0 Å². The number of halogens is 3. The van der Waals surface area contributed by atoms with E-state index in [1.807, 2.05) is 43.6 Å². The molecule has 0 saturated carbocycles. The van der Waals surface area contributed by atoms with Gasteiger partial charge in [-0.15, -0.1) is 0 Å². The van der Waals surface area contributed by atoms with Crippen LogP contribution in [0.2, 0.25) is 0 Å². The minimum atomic E-state index is -4.27. The lowest BCUT2D eigenvalue weighted by atomic mass is 9.93. The quantitative estimate of drug-likeness (QED) is 0.139. The molecule has 0 radical (unpaired) electrons. The molecule has 7 aromatic rings. The van der Waals surface area contributed by atoms with E-state index in [9.17, 15) is 13.2 Å². The van der Waals surface area contributed by atoms with Gasteiger partial charge in [0.1, 0.15) is 7.05 Å². The van der Waals surface area contributed by atoms with Crippen molar-refractivity contribution in [2.45, 2.75) is 19.5 Å². The fourth-order valence-electron chi connectivity index (χ4n) is 5.91. The van der Waals surface area contributed by atoms with Gasteiger partial charge in [-0.25, -0.2) is 4.57 Å². The largest absolute Gasteiger partial charge is 0.393 e. The van der Waals surface area contributed by atoms with Crippen molar-refractivity contribution in [3.63, 3.8) is 0 Å². The Kier molecular flexibility index (Phi) is 3.68. The van der Waals surface area contributed by atoms with Gasteiger partial charge in [-0.1, -0.05) is 48.5 Å². The average Bonchev–Trinajstić information content (AvgIpc) is 3.13. The summed E-state index contributed by atoms with van der Waals surface area (Å²) >= 11 is 0. The summed E-state index contributed by atoms with van der Waals surface area (Å²) in [6.07, 6.45) is -3.19. The van der Waals surface area contributed by atoms with E-state index < -0.39 is 12.6 Å². The van der Waals surface area contributed by atoms with E-state index in [-0.39, 0.29) is 0 Å². The fraction of sp³-hybridized carbons (Fsp3) is 0.138. The first kappa shape index (κ1) is 19.6. The minimum Gasteiger partial charge on any atom is -0.307 e. The molecule has 0 spiro atoms. The Hall–Kier alpha value is -3.86. The first-order valence-corrected chi connectivity index (χ1v) is 11.3. The number of hydrogen-bond donors (Lipinski definition) is 0. The zero-order chi connectivity index (χ0) is 23.4. The molecule has 0 bridgehead atoms. The number of hydrogen-bond acceptors (Lipinski definition) is 0. The van der Waals surface area contributed by atoms with Crippen molar-refractivity contribution in [1.29, 1.82) is 0 Å². The summed E-state index contributed by atoms with van der Waals surface area (Å²) in [5.74, 6) is 0. The molecular formula is C29H20F3N2+. The maximum absolute atomic E-state index is 13.5. The van der Waals surface area contributed by atoms with E-state index >= 15 is 0 Å². The third-order valence-electron chi connectivity index (χ3n) is 7.26. The molecule has 0 aliphatic rings. The summed E-state index contributed by atoms with van der Waals surface area (Å²) < 4.78 is 44.8. The van der Waals surface area contributed by atoms with Crippen LogP contribution in [-0.4, -0.2) is 10.6 Å². The normalized spacial score (nSPS) is 13.0. The molecule has 2 nitrogen and oxygen atoms in total. The van der Waals surface area contributed by atoms with Gasteiger partial charge in [0.25, 0.3) is 0 Å². The molecule has 0 saturated heterocycles. The summed E-state index contributed by atoms with van der Waals surface area (Å²) in [6.45, 7) is 2.13. The molecule has 0 atom stereocenters. The van der Waals surface area contributed by atoms with Crippen LogP contribution in [0.25, 0.3) is 59.8 Å². The zero-order valence-corrected chi connectivity index (χ0v) is 18.7. The SMILES string of the molecule is Cc1ccc2c3ccccc3n3c4cc5c(CC(F)(F)F)cccc5c5cc[n+](C)c(c1c23)c54. The molecule has 34 heavy (non-hydrogen) atoms. The smallest absolute Gasteiger partial charge is 0.307 e. The van der Waals surface area contributed by atoms with Crippen LogP contribution < -0.4 is 4.57 Å². The van der Waals surface area contributed by atoms with Gasteiger partial charge in [-0.3, -0.25) is 0 Å². The van der Waals surface area contributed by atoms with Crippen LogP contribution in [0.4, 0.5) is 13.2 Å². The Morgan fingerprint density at radius 2 is 1.56 bits per heavy atom. The summed E-state index contributed by atoms with van der Waals surface area (Å²) in [5.41, 5.74) is 5.71. The van der Waals surface area contributed by atoms with E-state index in [2.05, 4.69) is 40.2 Å². The second-order valence-corrected chi connectivity index (χ2v) is 9.27. The number of aromatic nitrogens is 2.